The van der Waals surface area contributed by atoms with E-state index in [2.05, 4.69) is 15.2 Å². The van der Waals surface area contributed by atoms with E-state index in [1.165, 1.54) is 10.5 Å². The quantitative estimate of drug-likeness (QED) is 0.262. The number of hydrogen-bond acceptors (Lipinski definition) is 7. The van der Waals surface area contributed by atoms with Gasteiger partial charge in [-0.15, -0.1) is 0 Å². The molecule has 1 aromatic rings. The maximum Gasteiger partial charge on any atom is 0.323 e. The number of piperazine rings is 1. The molecule has 11 nitrogen and oxygen atoms in total. The number of nitrogens with one attached hydrogen (secondary N) is 1. The van der Waals surface area contributed by atoms with Crippen LogP contribution in [-0.4, -0.2) is 95.8 Å². The average molecular weight is 525 g/mol. The lowest BCUT2D eigenvalue weighted by molar-refractivity contribution is -0.163. The lowest BCUT2D eigenvalue weighted by Crippen LogP contribution is -2.83. The molecule has 0 saturated carbocycles. The molecule has 3 saturated heterocycles. The number of nitrogens with two attached hydrogens (primary N) is 2. The van der Waals surface area contributed by atoms with Crippen molar-refractivity contribution in [1.29, 1.82) is 0 Å². The maximum absolute atomic E-state index is 12.8. The van der Waals surface area contributed by atoms with Crippen LogP contribution in [0.1, 0.15) is 38.7 Å². The molecule has 5 N–H and O–H groups in total. The van der Waals surface area contributed by atoms with E-state index in [0.717, 1.165) is 32.5 Å². The fraction of sp³-hybridized carbons (Fsp3) is 0.556. The first-order valence-corrected chi connectivity index (χ1v) is 13.3. The van der Waals surface area contributed by atoms with Gasteiger partial charge in [-0.25, -0.2) is 4.79 Å². The van der Waals surface area contributed by atoms with Crippen LogP contribution in [0.15, 0.2) is 41.5 Å². The summed E-state index contributed by atoms with van der Waals surface area (Å²) in [4.78, 5) is 48.6. The molecule has 3 atom stereocenters. The van der Waals surface area contributed by atoms with Crippen LogP contribution in [0.3, 0.4) is 0 Å². The Bertz CT molecular complexity index is 1080. The van der Waals surface area contributed by atoms with Gasteiger partial charge in [0.1, 0.15) is 5.84 Å². The van der Waals surface area contributed by atoms with Gasteiger partial charge in [0.05, 0.1) is 17.6 Å². The highest BCUT2D eigenvalue weighted by molar-refractivity contribution is 6.04. The lowest BCUT2D eigenvalue weighted by Gasteiger charge is -2.62. The molecule has 4 rings (SSSR count). The molecule has 3 unspecified atom stereocenters. The maximum atomic E-state index is 12.8. The SMILES string of the molecule is CCC(C)(N)C(=O)N1CC2C1CN2C(=O)NC(/C=C\N(C=O)c1ccc(CN2CCC(N)CC2)cc1)=NC. The molecule has 0 aromatic heterocycles. The van der Waals surface area contributed by atoms with E-state index in [0.29, 0.717) is 43.5 Å². The smallest absolute Gasteiger partial charge is 0.323 e. The van der Waals surface area contributed by atoms with Crippen molar-refractivity contribution in [2.45, 2.75) is 63.3 Å². The molecular formula is C27H40N8O3. The Balaban J connectivity index is 1.27. The second-order valence-corrected chi connectivity index (χ2v) is 10.7. The number of urea groups is 1. The van der Waals surface area contributed by atoms with Crippen molar-refractivity contribution < 1.29 is 14.4 Å². The van der Waals surface area contributed by atoms with Crippen LogP contribution in [0.4, 0.5) is 10.5 Å². The number of amides is 4. The van der Waals surface area contributed by atoms with Crippen LogP contribution in [0.5, 0.6) is 0 Å². The normalized spacial score (nSPS) is 23.8. The van der Waals surface area contributed by atoms with Gasteiger partial charge in [-0.2, -0.15) is 0 Å². The first kappa shape index (κ1) is 27.7. The Morgan fingerprint density at radius 2 is 1.79 bits per heavy atom. The lowest BCUT2D eigenvalue weighted by atomic mass is 9.83. The number of hydrogen-bond donors (Lipinski definition) is 3. The van der Waals surface area contributed by atoms with E-state index >= 15 is 0 Å². The van der Waals surface area contributed by atoms with Gasteiger partial charge < -0.3 is 21.3 Å². The molecule has 0 bridgehead atoms. The number of carbonyl (C=O) groups is 3. The molecule has 4 amide bonds. The number of aliphatic imine (C=N–C) groups is 1. The first-order chi connectivity index (χ1) is 18.2. The Hall–Kier alpha value is -3.28. The zero-order valence-electron chi connectivity index (χ0n) is 22.5. The molecule has 0 spiro atoms. The molecule has 11 heteroatoms. The number of carbonyl (C=O) groups excluding carboxylic acids is 3. The fourth-order valence-corrected chi connectivity index (χ4v) is 5.03. The van der Waals surface area contributed by atoms with Crippen molar-refractivity contribution >= 4 is 29.9 Å². The minimum atomic E-state index is -0.882. The van der Waals surface area contributed by atoms with E-state index in [9.17, 15) is 14.4 Å². The highest BCUT2D eigenvalue weighted by atomic mass is 16.2. The average Bonchev–Trinajstić information content (AvgIpc) is 2.91. The van der Waals surface area contributed by atoms with Crippen LogP contribution in [-0.2, 0) is 16.1 Å². The van der Waals surface area contributed by atoms with Gasteiger partial charge in [0, 0.05) is 44.6 Å². The number of piperidine rings is 1. The van der Waals surface area contributed by atoms with E-state index < -0.39 is 5.54 Å². The van der Waals surface area contributed by atoms with Crippen LogP contribution >= 0.6 is 0 Å². The summed E-state index contributed by atoms with van der Waals surface area (Å²) < 4.78 is 0. The van der Waals surface area contributed by atoms with Gasteiger partial charge in [-0.05, 0) is 63.0 Å². The van der Waals surface area contributed by atoms with E-state index in [4.69, 9.17) is 11.5 Å². The van der Waals surface area contributed by atoms with Crippen LogP contribution in [0.2, 0.25) is 0 Å². The largest absolute Gasteiger partial charge is 0.332 e. The third-order valence-electron chi connectivity index (χ3n) is 8.01. The Morgan fingerprint density at radius 3 is 2.34 bits per heavy atom. The molecule has 206 valence electrons. The molecule has 1 aromatic carbocycles. The minimum Gasteiger partial charge on any atom is -0.332 e. The van der Waals surface area contributed by atoms with Crippen LogP contribution < -0.4 is 21.7 Å². The Labute approximate surface area is 224 Å². The van der Waals surface area contributed by atoms with E-state index in [1.54, 1.807) is 36.0 Å². The molecule has 3 aliphatic rings. The predicted molar refractivity (Wildman–Crippen MR) is 147 cm³/mol. The number of rotatable bonds is 8. The van der Waals surface area contributed by atoms with Crippen molar-refractivity contribution in [2.75, 3.05) is 38.1 Å². The third kappa shape index (κ3) is 5.90. The number of amidine groups is 1. The number of nitrogens with zero attached hydrogens (tertiary/aromatic N) is 5. The highest BCUT2D eigenvalue weighted by Gasteiger charge is 2.56. The molecule has 0 aliphatic carbocycles. The predicted octanol–water partition coefficient (Wildman–Crippen LogP) is 0.847. The van der Waals surface area contributed by atoms with Gasteiger partial charge in [-0.1, -0.05) is 19.1 Å². The third-order valence-corrected chi connectivity index (χ3v) is 8.01. The number of fused-ring (bicyclic) bond motifs is 1. The van der Waals surface area contributed by atoms with Crippen LogP contribution in [0.25, 0.3) is 0 Å². The van der Waals surface area contributed by atoms with Gasteiger partial charge >= 0.3 is 6.03 Å². The molecular weight excluding hydrogens is 484 g/mol. The summed E-state index contributed by atoms with van der Waals surface area (Å²) in [7, 11) is 1.57. The van der Waals surface area contributed by atoms with Crippen molar-refractivity contribution in [1.82, 2.24) is 20.0 Å². The van der Waals surface area contributed by atoms with Crippen LogP contribution in [0, 0.1) is 0 Å². The second kappa shape index (κ2) is 11.6. The monoisotopic (exact) mass is 524 g/mol. The molecule has 3 fully saturated rings. The van der Waals surface area contributed by atoms with E-state index in [-0.39, 0.29) is 24.0 Å². The Morgan fingerprint density at radius 1 is 1.16 bits per heavy atom. The summed E-state index contributed by atoms with van der Waals surface area (Å²) in [5, 5.41) is 2.79. The summed E-state index contributed by atoms with van der Waals surface area (Å²) in [6.07, 6.45) is 6.47. The van der Waals surface area contributed by atoms with Gasteiger partial charge in [0.25, 0.3) is 0 Å². The second-order valence-electron chi connectivity index (χ2n) is 10.7. The number of benzene rings is 1. The molecule has 0 radical (unpaired) electrons. The van der Waals surface area contributed by atoms with Gasteiger partial charge in [-0.3, -0.25) is 29.7 Å². The van der Waals surface area contributed by atoms with Crippen molar-refractivity contribution in [3.05, 3.63) is 42.1 Å². The van der Waals surface area contributed by atoms with Crippen molar-refractivity contribution in [3.63, 3.8) is 0 Å². The zero-order valence-corrected chi connectivity index (χ0v) is 22.5. The number of likely N-dealkylation sites (tertiary alicyclic amines) is 3. The van der Waals surface area contributed by atoms with Crippen molar-refractivity contribution in [3.8, 4) is 0 Å². The standard InChI is InChI=1S/C27H40N8O3/c1-4-27(2,29)25(37)34-16-23-22(34)17-35(23)26(38)31-24(30-3)11-14-33(18-36)21-7-5-19(6-8-21)15-32-12-9-20(28)10-13-32/h5-8,11,14,18,20,22-23H,4,9-10,12-13,15-17,28-29H2,1-3H3,(H,30,31,38)/b14-11-. The number of anilines is 1. The summed E-state index contributed by atoms with van der Waals surface area (Å²) in [6, 6.07) is 7.87. The van der Waals surface area contributed by atoms with Crippen molar-refractivity contribution in [2.24, 2.45) is 16.5 Å². The summed E-state index contributed by atoms with van der Waals surface area (Å²) >= 11 is 0. The minimum absolute atomic E-state index is 0.0136. The first-order valence-electron chi connectivity index (χ1n) is 13.3. The topological polar surface area (TPSA) is 141 Å². The van der Waals surface area contributed by atoms with Gasteiger partial charge in [0.2, 0.25) is 12.3 Å². The van der Waals surface area contributed by atoms with Gasteiger partial charge in [0.15, 0.2) is 0 Å². The summed E-state index contributed by atoms with van der Waals surface area (Å²) in [5.74, 6) is 0.260. The molecule has 3 aliphatic heterocycles. The highest BCUT2D eigenvalue weighted by Crippen LogP contribution is 2.35. The Kier molecular flexibility index (Phi) is 8.49. The summed E-state index contributed by atoms with van der Waals surface area (Å²) in [6.45, 7) is 7.43. The van der Waals surface area contributed by atoms with E-state index in [1.807, 2.05) is 31.2 Å². The zero-order chi connectivity index (χ0) is 27.4. The molecule has 3 heterocycles. The molecule has 38 heavy (non-hydrogen) atoms. The fourth-order valence-electron chi connectivity index (χ4n) is 5.03. The summed E-state index contributed by atoms with van der Waals surface area (Å²) in [5.41, 5.74) is 13.1.